The number of carbonyl (C=O) groups is 17. The molecule has 0 spiro atoms. The topological polar surface area (TPSA) is 631 Å². The summed E-state index contributed by atoms with van der Waals surface area (Å²) in [6, 6.07) is -16.1. The lowest BCUT2D eigenvalue weighted by Crippen LogP contribution is -2.62. The zero-order valence-electron chi connectivity index (χ0n) is 62.5. The second-order valence-corrected chi connectivity index (χ2v) is 27.0. The second kappa shape index (κ2) is 51.8. The lowest BCUT2D eigenvalue weighted by molar-refractivity contribution is -0.192. The van der Waals surface area contributed by atoms with Crippen molar-refractivity contribution < 1.29 is 105 Å². The van der Waals surface area contributed by atoms with Crippen molar-refractivity contribution in [3.05, 3.63) is 0 Å². The van der Waals surface area contributed by atoms with Crippen molar-refractivity contribution in [3.63, 3.8) is 0 Å². The molecule has 0 rings (SSSR count). The van der Waals surface area contributed by atoms with E-state index in [0.29, 0.717) is 25.7 Å². The van der Waals surface area contributed by atoms with Gasteiger partial charge in [-0.1, -0.05) is 82.1 Å². The number of hydrogen-bond donors (Lipinski definition) is 20. The Hall–Kier alpha value is -9.34. The average Bonchev–Trinajstić information content (AvgIpc) is 0.851. The number of nitrogens with one attached hydrogen (secondary N) is 12. The molecule has 0 aliphatic heterocycles. The van der Waals surface area contributed by atoms with Gasteiger partial charge in [0.05, 0.1) is 19.4 Å². The first-order valence-electron chi connectivity index (χ1n) is 35.4. The van der Waals surface area contributed by atoms with E-state index in [-0.39, 0.29) is 95.7 Å². The van der Waals surface area contributed by atoms with Crippen LogP contribution in [0.15, 0.2) is 0 Å². The number of nitrogens with two attached hydrogens (primary N) is 6. The van der Waals surface area contributed by atoms with Crippen LogP contribution in [0.4, 0.5) is 13.2 Å². The number of carbonyl (C=O) groups excluding carboxylic acids is 15. The summed E-state index contributed by atoms with van der Waals surface area (Å²) in [4.78, 5) is 224. The summed E-state index contributed by atoms with van der Waals surface area (Å²) in [7, 11) is 0. The maximum atomic E-state index is 14.6. The zero-order valence-corrected chi connectivity index (χ0v) is 62.5. The van der Waals surface area contributed by atoms with Gasteiger partial charge < -0.3 is 108 Å². The van der Waals surface area contributed by atoms with E-state index in [9.17, 15) is 95.0 Å². The van der Waals surface area contributed by atoms with Crippen LogP contribution in [0, 0.1) is 29.6 Å². The van der Waals surface area contributed by atoms with Crippen molar-refractivity contribution in [1.82, 2.24) is 63.8 Å². The van der Waals surface area contributed by atoms with Gasteiger partial charge >= 0.3 is 18.1 Å². The zero-order chi connectivity index (χ0) is 81.9. The van der Waals surface area contributed by atoms with Gasteiger partial charge in [-0.2, -0.15) is 13.2 Å². The number of carboxylic acid groups (broad SMARTS) is 2. The van der Waals surface area contributed by atoms with Gasteiger partial charge in [0.15, 0.2) is 0 Å². The minimum absolute atomic E-state index is 0.0545. The molecule has 13 atom stereocenters. The van der Waals surface area contributed by atoms with E-state index < -0.39 is 217 Å². The van der Waals surface area contributed by atoms with Gasteiger partial charge in [0.1, 0.15) is 66.5 Å². The molecule has 0 aromatic heterocycles. The number of carboxylic acids is 2. The Balaban J connectivity index is 0. The third-order valence-electron chi connectivity index (χ3n) is 16.4. The van der Waals surface area contributed by atoms with Gasteiger partial charge in [0.2, 0.25) is 88.6 Å². The first-order chi connectivity index (χ1) is 49.3. The molecule has 0 bridgehead atoms. The van der Waals surface area contributed by atoms with Crippen LogP contribution in [-0.2, 0) is 81.5 Å². The van der Waals surface area contributed by atoms with Crippen molar-refractivity contribution >= 4 is 101 Å². The fourth-order valence-electron chi connectivity index (χ4n) is 10.1. The normalized spacial score (nSPS) is 14.9. The highest BCUT2D eigenvalue weighted by molar-refractivity contribution is 6.01. The van der Waals surface area contributed by atoms with Crippen LogP contribution in [0.3, 0.4) is 0 Å². The molecule has 0 unspecified atom stereocenters. The predicted octanol–water partition coefficient (Wildman–Crippen LogP) is -3.58. The molecule has 0 heterocycles. The average molecular weight is 1520 g/mol. The van der Waals surface area contributed by atoms with Crippen molar-refractivity contribution in [1.29, 1.82) is 0 Å². The van der Waals surface area contributed by atoms with Crippen LogP contribution in [0.1, 0.15) is 185 Å². The first-order valence-corrected chi connectivity index (χ1v) is 35.4. The first kappa shape index (κ1) is 98.7. The van der Waals surface area contributed by atoms with Gasteiger partial charge in [-0.25, -0.2) is 4.79 Å². The lowest BCUT2D eigenvalue weighted by Gasteiger charge is -2.31. The Morgan fingerprint density at radius 2 is 0.698 bits per heavy atom. The second-order valence-electron chi connectivity index (χ2n) is 27.0. The van der Waals surface area contributed by atoms with Crippen LogP contribution in [-0.4, -0.2) is 210 Å². The molecule has 0 saturated heterocycles. The summed E-state index contributed by atoms with van der Waals surface area (Å²) in [5, 5.41) is 47.2. The summed E-state index contributed by atoms with van der Waals surface area (Å²) in [6.07, 6.45) is -5.11. The minimum atomic E-state index is -5.08. The molecule has 0 aromatic carbocycles. The summed E-state index contributed by atoms with van der Waals surface area (Å²) in [5.41, 5.74) is 33.8. The minimum Gasteiger partial charge on any atom is -0.481 e. The highest BCUT2D eigenvalue weighted by atomic mass is 19.4. The Labute approximate surface area is 615 Å². The molecular formula is C66H117F3N18O19. The van der Waals surface area contributed by atoms with Gasteiger partial charge in [-0.3, -0.25) is 76.7 Å². The van der Waals surface area contributed by atoms with Crippen molar-refractivity contribution in [2.45, 2.75) is 258 Å². The van der Waals surface area contributed by atoms with Crippen molar-refractivity contribution in [3.8, 4) is 0 Å². The van der Waals surface area contributed by atoms with Gasteiger partial charge in [-0.15, -0.1) is 0 Å². The molecule has 106 heavy (non-hydrogen) atoms. The fraction of sp³-hybridized carbons (Fsp3) is 0.742. The number of halogens is 3. The molecule has 40 heteroatoms. The fourth-order valence-corrected chi connectivity index (χ4v) is 10.1. The van der Waals surface area contributed by atoms with E-state index in [1.807, 2.05) is 0 Å². The summed E-state index contributed by atoms with van der Waals surface area (Å²) >= 11 is 0. The van der Waals surface area contributed by atoms with Gasteiger partial charge in [0, 0.05) is 13.3 Å². The highest BCUT2D eigenvalue weighted by Crippen LogP contribution is 2.18. The molecule has 0 aromatic rings. The third-order valence-corrected chi connectivity index (χ3v) is 16.4. The quantitative estimate of drug-likeness (QED) is 0.0262. The van der Waals surface area contributed by atoms with Crippen LogP contribution in [0.2, 0.25) is 0 Å². The Morgan fingerprint density at radius 3 is 1.07 bits per heavy atom. The van der Waals surface area contributed by atoms with E-state index in [2.05, 4.69) is 63.8 Å². The number of rotatable bonds is 52. The van der Waals surface area contributed by atoms with Crippen LogP contribution in [0.25, 0.3) is 0 Å². The van der Waals surface area contributed by atoms with Crippen molar-refractivity contribution in [2.75, 3.05) is 26.2 Å². The number of amides is 15. The van der Waals surface area contributed by atoms with Gasteiger partial charge in [-0.05, 0) is 126 Å². The number of hydrogen-bond acceptors (Lipinski definition) is 20. The summed E-state index contributed by atoms with van der Waals surface area (Å²) in [5.74, 6) is -20.2. The molecule has 0 aliphatic rings. The number of unbranched alkanes of at least 4 members (excludes halogenated alkanes) is 3. The van der Waals surface area contributed by atoms with Crippen molar-refractivity contribution in [2.24, 2.45) is 64.0 Å². The molecule has 0 aliphatic carbocycles. The van der Waals surface area contributed by atoms with Crippen LogP contribution < -0.4 is 98.2 Å². The molecule has 26 N–H and O–H groups in total. The molecular weight excluding hydrogens is 1410 g/mol. The van der Waals surface area contributed by atoms with Gasteiger partial charge in [0.25, 0.3) is 0 Å². The number of alkyl halides is 3. The highest BCUT2D eigenvalue weighted by Gasteiger charge is 2.41. The summed E-state index contributed by atoms with van der Waals surface area (Å²) < 4.78 is 31.7. The van der Waals surface area contributed by atoms with E-state index in [1.54, 1.807) is 69.2 Å². The molecule has 15 amide bonds. The number of aliphatic carboxylic acids is 2. The van der Waals surface area contributed by atoms with E-state index in [0.717, 1.165) is 0 Å². The Bertz CT molecular complexity index is 2930. The maximum absolute atomic E-state index is 14.6. The molecule has 37 nitrogen and oxygen atoms in total. The van der Waals surface area contributed by atoms with Crippen LogP contribution in [0.5, 0.6) is 0 Å². The molecule has 0 radical (unpaired) electrons. The smallest absolute Gasteiger partial charge is 0.481 e. The third kappa shape index (κ3) is 41.4. The van der Waals surface area contributed by atoms with E-state index >= 15 is 0 Å². The standard InChI is InChI=1S/C64H116N18O17.C2HF3O2/c1-12-36(9)52(82-64(99)53(37(10)13-2)81-58(93)42(23-24-47(68)84)75-62(97)51(35(7)8)80-57(92)39(20-14-17-25-65)72-49(86)32-71-38(11)83)63(98)79-45(30-48(69)85)60(95)74-40(21-15-18-26-66)55(90)73-41(22-16-19-27-67)56(91)77-44(29-34(5)6)59(94)78-46(31-50(87)88)61(96)76-43(54(70)89)28-33(3)4;3-2(4,5)1(6)7/h33-37,39-46,51-53H,12-32,65-67H2,1-11H3,(H2,68,84)(H2,69,85)(H2,70,89)(H,71,83)(H,72,86)(H,73,90)(H,74,95)(H,75,97)(H,76,96)(H,77,91)(H,78,94)(H,79,98)(H,80,92)(H,81,93)(H,82,99)(H,87,88);(H,6,7)/t36-,37-,39-,40-,41-,42-,43-,44-,45-,46-,51-,52-,53-;/m0./s1. The lowest BCUT2D eigenvalue weighted by atomic mass is 9.94. The molecule has 606 valence electrons. The molecule has 0 fully saturated rings. The number of primary amides is 3. The SMILES string of the molecule is CC[C@H](C)[C@H](NC(=O)[C@H](CCC(N)=O)NC(=O)[C@@H](NC(=O)[C@H](CCCCN)NC(=O)CNC(C)=O)C(C)C)C(=O)N[C@H](C(=O)N[C@@H](CC(N)=O)C(=O)N[C@@H](CCCCN)C(=O)N[C@@H](CCCCN)C(=O)N[C@@H](CC(C)C)C(=O)N[C@@H](CC(=O)O)C(=O)N[C@@H](CC(C)C)C(N)=O)[C@@H](C)CC.O=C(O)C(F)(F)F. The largest absolute Gasteiger partial charge is 0.490 e. The Kier molecular flexibility index (Phi) is 48.2. The predicted molar refractivity (Wildman–Crippen MR) is 379 cm³/mol. The van der Waals surface area contributed by atoms with Crippen LogP contribution >= 0.6 is 0 Å². The van der Waals surface area contributed by atoms with E-state index in [4.69, 9.17) is 44.3 Å². The monoisotopic (exact) mass is 1520 g/mol. The Morgan fingerprint density at radius 1 is 0.387 bits per heavy atom. The summed E-state index contributed by atoms with van der Waals surface area (Å²) in [6.45, 7) is 18.2. The van der Waals surface area contributed by atoms with E-state index in [1.165, 1.54) is 6.92 Å². The maximum Gasteiger partial charge on any atom is 0.490 e. The molecule has 0 saturated carbocycles.